The van der Waals surface area contributed by atoms with Crippen molar-refractivity contribution in [3.8, 4) is 11.3 Å². The zero-order valence-corrected chi connectivity index (χ0v) is 15.0. The van der Waals surface area contributed by atoms with Crippen molar-refractivity contribution < 1.29 is 9.18 Å². The van der Waals surface area contributed by atoms with E-state index >= 15 is 0 Å². The summed E-state index contributed by atoms with van der Waals surface area (Å²) in [5, 5.41) is 2.79. The van der Waals surface area contributed by atoms with Crippen LogP contribution < -0.4 is 5.32 Å². The van der Waals surface area contributed by atoms with Gasteiger partial charge in [0, 0.05) is 29.2 Å². The predicted molar refractivity (Wildman–Crippen MR) is 104 cm³/mol. The Kier molecular flexibility index (Phi) is 4.20. The van der Waals surface area contributed by atoms with Gasteiger partial charge in [-0.3, -0.25) is 4.79 Å². The summed E-state index contributed by atoms with van der Waals surface area (Å²) >= 11 is 0. The molecule has 0 atom stereocenters. The highest BCUT2D eigenvalue weighted by Gasteiger charge is 2.09. The number of carbonyl (C=O) groups excluding carboxylic acids is 1. The summed E-state index contributed by atoms with van der Waals surface area (Å²) in [6.07, 6.45) is 3.95. The van der Waals surface area contributed by atoms with Crippen LogP contribution in [0.2, 0.25) is 0 Å². The molecule has 0 aliphatic carbocycles. The number of hydrogen-bond acceptors (Lipinski definition) is 2. The van der Waals surface area contributed by atoms with Gasteiger partial charge in [-0.25, -0.2) is 9.37 Å². The third-order valence-electron chi connectivity index (χ3n) is 4.49. The lowest BCUT2D eigenvalue weighted by Crippen LogP contribution is -2.12. The van der Waals surface area contributed by atoms with Crippen LogP contribution >= 0.6 is 0 Å². The minimum atomic E-state index is -0.389. The van der Waals surface area contributed by atoms with Gasteiger partial charge in [-0.1, -0.05) is 18.2 Å². The van der Waals surface area contributed by atoms with Gasteiger partial charge in [0.25, 0.3) is 5.91 Å². The Morgan fingerprint density at radius 2 is 1.81 bits per heavy atom. The molecule has 2 heterocycles. The van der Waals surface area contributed by atoms with Gasteiger partial charge in [0.15, 0.2) is 0 Å². The Hall–Kier alpha value is -3.47. The number of halogens is 1. The second-order valence-corrected chi connectivity index (χ2v) is 6.59. The van der Waals surface area contributed by atoms with Crippen molar-refractivity contribution in [1.29, 1.82) is 0 Å². The lowest BCUT2D eigenvalue weighted by Gasteiger charge is -2.07. The molecule has 0 aliphatic rings. The number of carbonyl (C=O) groups is 1. The topological polar surface area (TPSA) is 46.4 Å². The summed E-state index contributed by atoms with van der Waals surface area (Å²) in [6, 6.07) is 15.9. The Bertz CT molecular complexity index is 1150. The minimum absolute atomic E-state index is 0.290. The first-order chi connectivity index (χ1) is 13.0. The SMILES string of the molecule is Cc1ccn2cc(-c3ccc(NC(=O)c4ccc(C)c(F)c4)cc3)nc2c1. The number of aromatic nitrogens is 2. The molecule has 4 nitrogen and oxygen atoms in total. The Morgan fingerprint density at radius 1 is 1.04 bits per heavy atom. The zero-order chi connectivity index (χ0) is 19.0. The first-order valence-electron chi connectivity index (χ1n) is 8.63. The van der Waals surface area contributed by atoms with Crippen LogP contribution in [0.4, 0.5) is 10.1 Å². The van der Waals surface area contributed by atoms with E-state index in [9.17, 15) is 9.18 Å². The highest BCUT2D eigenvalue weighted by atomic mass is 19.1. The molecule has 1 amide bonds. The number of amides is 1. The number of pyridine rings is 1. The minimum Gasteiger partial charge on any atom is -0.322 e. The number of fused-ring (bicyclic) bond motifs is 1. The third kappa shape index (κ3) is 3.44. The van der Waals surface area contributed by atoms with Crippen molar-refractivity contribution in [2.45, 2.75) is 13.8 Å². The maximum Gasteiger partial charge on any atom is 0.255 e. The van der Waals surface area contributed by atoms with Crippen molar-refractivity contribution in [1.82, 2.24) is 9.38 Å². The fourth-order valence-electron chi connectivity index (χ4n) is 2.88. The van der Waals surface area contributed by atoms with Crippen molar-refractivity contribution >= 4 is 17.2 Å². The largest absolute Gasteiger partial charge is 0.322 e. The van der Waals surface area contributed by atoms with E-state index < -0.39 is 0 Å². The molecular weight excluding hydrogens is 341 g/mol. The number of nitrogens with zero attached hydrogens (tertiary/aromatic N) is 2. The van der Waals surface area contributed by atoms with Crippen molar-refractivity contribution in [3.63, 3.8) is 0 Å². The van der Waals surface area contributed by atoms with E-state index in [4.69, 9.17) is 0 Å². The lowest BCUT2D eigenvalue weighted by molar-refractivity contribution is 0.102. The van der Waals surface area contributed by atoms with Crippen LogP contribution in [0.5, 0.6) is 0 Å². The average Bonchev–Trinajstić information content (AvgIpc) is 3.07. The van der Waals surface area contributed by atoms with E-state index in [0.29, 0.717) is 11.3 Å². The smallest absolute Gasteiger partial charge is 0.255 e. The lowest BCUT2D eigenvalue weighted by atomic mass is 10.1. The number of anilines is 1. The normalized spacial score (nSPS) is 10.9. The Morgan fingerprint density at radius 3 is 2.56 bits per heavy atom. The molecule has 2 aromatic carbocycles. The average molecular weight is 359 g/mol. The molecule has 0 fully saturated rings. The van der Waals surface area contributed by atoms with E-state index in [2.05, 4.69) is 10.3 Å². The molecule has 4 aromatic rings. The molecule has 0 spiro atoms. The van der Waals surface area contributed by atoms with Gasteiger partial charge in [0.1, 0.15) is 11.5 Å². The highest BCUT2D eigenvalue weighted by molar-refractivity contribution is 6.04. The first kappa shape index (κ1) is 17.0. The Labute approximate surface area is 156 Å². The molecule has 2 aromatic heterocycles. The van der Waals surface area contributed by atoms with Crippen molar-refractivity contribution in [2.75, 3.05) is 5.32 Å². The van der Waals surface area contributed by atoms with E-state index in [0.717, 1.165) is 22.5 Å². The number of nitrogens with one attached hydrogen (secondary N) is 1. The molecule has 0 unspecified atom stereocenters. The summed E-state index contributed by atoms with van der Waals surface area (Å²) < 4.78 is 15.6. The van der Waals surface area contributed by atoms with Gasteiger partial charge in [-0.2, -0.15) is 0 Å². The predicted octanol–water partition coefficient (Wildman–Crippen LogP) is 5.01. The highest BCUT2D eigenvalue weighted by Crippen LogP contribution is 2.22. The summed E-state index contributed by atoms with van der Waals surface area (Å²) in [7, 11) is 0. The van der Waals surface area contributed by atoms with Crippen molar-refractivity contribution in [2.24, 2.45) is 0 Å². The van der Waals surface area contributed by atoms with Gasteiger partial charge in [0.05, 0.1) is 5.69 Å². The van der Waals surface area contributed by atoms with Crippen LogP contribution in [-0.4, -0.2) is 15.3 Å². The summed E-state index contributed by atoms with van der Waals surface area (Å²) in [4.78, 5) is 16.9. The van der Waals surface area contributed by atoms with Crippen LogP contribution in [0, 0.1) is 19.7 Å². The second-order valence-electron chi connectivity index (χ2n) is 6.59. The zero-order valence-electron chi connectivity index (χ0n) is 15.0. The number of benzene rings is 2. The fourth-order valence-corrected chi connectivity index (χ4v) is 2.88. The molecule has 0 saturated carbocycles. The molecule has 0 radical (unpaired) electrons. The second kappa shape index (κ2) is 6.68. The van der Waals surface area contributed by atoms with Crippen LogP contribution in [-0.2, 0) is 0 Å². The standard InChI is InChI=1S/C22H18FN3O/c1-14-9-10-26-13-20(25-21(26)11-14)16-5-7-18(8-6-16)24-22(27)17-4-3-15(2)19(23)12-17/h3-13H,1-2H3,(H,24,27). The maximum atomic E-state index is 13.6. The fraction of sp³-hybridized carbons (Fsp3) is 0.0909. The number of aryl methyl sites for hydroxylation is 2. The molecule has 5 heteroatoms. The van der Waals surface area contributed by atoms with Crippen molar-refractivity contribution in [3.05, 3.63) is 89.5 Å². The van der Waals surface area contributed by atoms with Crippen LogP contribution in [0.1, 0.15) is 21.5 Å². The van der Waals surface area contributed by atoms with Gasteiger partial charge in [-0.15, -0.1) is 0 Å². The summed E-state index contributed by atoms with van der Waals surface area (Å²) in [5.41, 5.74) is 5.31. The first-order valence-corrected chi connectivity index (χ1v) is 8.63. The van der Waals surface area contributed by atoms with E-state index in [1.165, 1.54) is 6.07 Å². The molecule has 0 saturated heterocycles. The molecule has 0 aliphatic heterocycles. The third-order valence-corrected chi connectivity index (χ3v) is 4.49. The number of rotatable bonds is 3. The maximum absolute atomic E-state index is 13.6. The monoisotopic (exact) mass is 359 g/mol. The summed E-state index contributed by atoms with van der Waals surface area (Å²) in [5.74, 6) is -0.732. The Balaban J connectivity index is 1.54. The molecule has 4 rings (SSSR count). The van der Waals surface area contributed by atoms with E-state index in [-0.39, 0.29) is 17.3 Å². The molecule has 27 heavy (non-hydrogen) atoms. The molecular formula is C22H18FN3O. The van der Waals surface area contributed by atoms with Gasteiger partial charge in [0.2, 0.25) is 0 Å². The van der Waals surface area contributed by atoms with Crippen LogP contribution in [0.15, 0.2) is 67.0 Å². The molecule has 134 valence electrons. The molecule has 0 bridgehead atoms. The summed E-state index contributed by atoms with van der Waals surface area (Å²) in [6.45, 7) is 3.70. The van der Waals surface area contributed by atoms with E-state index in [1.807, 2.05) is 60.1 Å². The van der Waals surface area contributed by atoms with Gasteiger partial charge < -0.3 is 9.72 Å². The quantitative estimate of drug-likeness (QED) is 0.559. The van der Waals surface area contributed by atoms with Gasteiger partial charge >= 0.3 is 0 Å². The molecule has 1 N–H and O–H groups in total. The number of hydrogen-bond donors (Lipinski definition) is 1. The van der Waals surface area contributed by atoms with Crippen LogP contribution in [0.3, 0.4) is 0 Å². The van der Waals surface area contributed by atoms with E-state index in [1.54, 1.807) is 19.1 Å². The van der Waals surface area contributed by atoms with Gasteiger partial charge in [-0.05, 0) is 61.4 Å². The number of imidazole rings is 1. The van der Waals surface area contributed by atoms with Crippen LogP contribution in [0.25, 0.3) is 16.9 Å².